The van der Waals surface area contributed by atoms with E-state index in [2.05, 4.69) is 131 Å². The lowest BCUT2D eigenvalue weighted by Gasteiger charge is -2.34. The number of hydrogen-bond donors (Lipinski definition) is 0. The monoisotopic (exact) mass is 373 g/mol. The van der Waals surface area contributed by atoms with Crippen LogP contribution in [-0.2, 0) is 5.41 Å². The van der Waals surface area contributed by atoms with Gasteiger partial charge in [0.15, 0.2) is 0 Å². The third-order valence-corrected chi connectivity index (χ3v) is 6.12. The summed E-state index contributed by atoms with van der Waals surface area (Å²) in [4.78, 5) is 0. The minimum atomic E-state index is -0.314. The van der Waals surface area contributed by atoms with Crippen LogP contribution in [0.2, 0.25) is 0 Å². The molecule has 0 N–H and O–H groups in total. The van der Waals surface area contributed by atoms with Gasteiger partial charge in [-0.15, -0.1) is 0 Å². The Morgan fingerprint density at radius 1 is 0.607 bits per heavy atom. The molecule has 4 aromatic carbocycles. The van der Waals surface area contributed by atoms with Gasteiger partial charge in [-0.25, -0.2) is 0 Å². The number of fused-ring (bicyclic) bond motifs is 3. The summed E-state index contributed by atoms with van der Waals surface area (Å²) >= 11 is 2.81. The van der Waals surface area contributed by atoms with E-state index >= 15 is 0 Å². The van der Waals surface area contributed by atoms with Gasteiger partial charge in [-0.1, -0.05) is 97.1 Å². The maximum absolute atomic E-state index is 2.81. The Morgan fingerprint density at radius 3 is 1.75 bits per heavy atom. The molecule has 0 saturated heterocycles. The first-order valence-corrected chi connectivity index (χ1v) is 10.1. The predicted octanol–water partition coefficient (Wildman–Crippen LogP) is 5.57. The molecule has 0 atom stereocenters. The minimum absolute atomic E-state index is 0.314. The zero-order valence-electron chi connectivity index (χ0n) is 15.8. The van der Waals surface area contributed by atoms with Crippen molar-refractivity contribution in [1.29, 1.82) is 0 Å². The van der Waals surface area contributed by atoms with Gasteiger partial charge in [-0.05, 0) is 40.9 Å². The van der Waals surface area contributed by atoms with E-state index in [1.54, 1.807) is 0 Å². The summed E-state index contributed by atoms with van der Waals surface area (Å²) in [5.74, 6) is 0. The van der Waals surface area contributed by atoms with Gasteiger partial charge >= 0.3 is 16.5 Å². The molecule has 2 heteroatoms. The summed E-state index contributed by atoms with van der Waals surface area (Å²) in [6.07, 6.45) is 0. The predicted molar refractivity (Wildman–Crippen MR) is 118 cm³/mol. The molecule has 28 heavy (non-hydrogen) atoms. The molecule has 0 unspecified atom stereocenters. The maximum atomic E-state index is 2.81. The van der Waals surface area contributed by atoms with Crippen molar-refractivity contribution in [3.8, 4) is 11.1 Å². The van der Waals surface area contributed by atoms with E-state index < -0.39 is 0 Å². The first-order valence-electron chi connectivity index (χ1n) is 9.57. The molecule has 4 aromatic rings. The molecular weight excluding hydrogens is 353 g/mol. The van der Waals surface area contributed by atoms with Crippen molar-refractivity contribution in [3.63, 3.8) is 0 Å². The zero-order valence-corrected chi connectivity index (χ0v) is 17.0. The van der Waals surface area contributed by atoms with Crippen molar-refractivity contribution >= 4 is 22.2 Å². The van der Waals surface area contributed by atoms with Gasteiger partial charge in [-0.3, -0.25) is 0 Å². The molecular formula is C26H20AlN. The number of benzene rings is 4. The summed E-state index contributed by atoms with van der Waals surface area (Å²) in [6.45, 7) is 0. The van der Waals surface area contributed by atoms with Gasteiger partial charge in [0.2, 0.25) is 0 Å². The normalized spacial score (nSPS) is 13.6. The fourth-order valence-electron chi connectivity index (χ4n) is 4.77. The molecule has 1 aliphatic rings. The highest BCUT2D eigenvalue weighted by molar-refractivity contribution is 6.19. The Bertz CT molecular complexity index is 1090. The number of rotatable bonds is 3. The number of hydrogen-bond acceptors (Lipinski definition) is 1. The molecule has 1 aliphatic carbocycles. The van der Waals surface area contributed by atoms with Crippen LogP contribution in [0, 0.1) is 0 Å². The van der Waals surface area contributed by atoms with E-state index in [0.29, 0.717) is 0 Å². The minimum Gasteiger partial charge on any atom is -0.481 e. The number of nitrogens with zero attached hydrogens (tertiary/aromatic N) is 1. The summed E-state index contributed by atoms with van der Waals surface area (Å²) in [5, 5.41) is 0. The fraction of sp³-hybridized carbons (Fsp3) is 0.0769. The molecule has 0 amide bonds. The van der Waals surface area contributed by atoms with Gasteiger partial charge in [0, 0.05) is 11.3 Å². The second-order valence-electron chi connectivity index (χ2n) is 7.34. The third kappa shape index (κ3) is 2.32. The fourth-order valence-corrected chi connectivity index (χ4v) is 4.98. The molecule has 2 radical (unpaired) electrons. The Kier molecular flexibility index (Phi) is 4.13. The standard InChI is InChI=1S/C26H20N.Al/c1-27-24-18-10-17-23-25(24)21-15-8-9-16-22(21)26(23,19-11-4-2-5-12-19)20-13-6-3-7-14-20;/h2-18H,1H3;/q-1;+1. The lowest BCUT2D eigenvalue weighted by Crippen LogP contribution is -2.28. The van der Waals surface area contributed by atoms with Crippen molar-refractivity contribution in [1.82, 2.24) is 0 Å². The Hall–Kier alpha value is -2.79. The smallest absolute Gasteiger partial charge is 0.309 e. The third-order valence-electron chi connectivity index (χ3n) is 5.84. The second kappa shape index (κ2) is 6.67. The van der Waals surface area contributed by atoms with Crippen LogP contribution in [0.3, 0.4) is 0 Å². The van der Waals surface area contributed by atoms with Crippen LogP contribution in [0.25, 0.3) is 11.1 Å². The van der Waals surface area contributed by atoms with E-state index in [9.17, 15) is 0 Å². The van der Waals surface area contributed by atoms with Gasteiger partial charge < -0.3 is 3.88 Å². The molecule has 0 aliphatic heterocycles. The van der Waals surface area contributed by atoms with Crippen LogP contribution < -0.4 is 3.88 Å². The van der Waals surface area contributed by atoms with Crippen LogP contribution in [0.5, 0.6) is 0 Å². The summed E-state index contributed by atoms with van der Waals surface area (Å²) in [7, 11) is 2.09. The zero-order chi connectivity index (χ0) is 19.1. The highest BCUT2D eigenvalue weighted by Gasteiger charge is 2.46. The summed E-state index contributed by atoms with van der Waals surface area (Å²) in [5.41, 5.74) is 8.85. The Morgan fingerprint density at radius 2 is 1.14 bits per heavy atom. The van der Waals surface area contributed by atoms with Gasteiger partial charge in [0.05, 0.1) is 5.41 Å². The highest BCUT2D eigenvalue weighted by atomic mass is 27.1. The lowest BCUT2D eigenvalue weighted by atomic mass is 9.68. The van der Waals surface area contributed by atoms with E-state index in [4.69, 9.17) is 0 Å². The molecule has 0 fully saturated rings. The summed E-state index contributed by atoms with van der Waals surface area (Å²) < 4.78 is 2.14. The maximum Gasteiger partial charge on any atom is 0.309 e. The largest absolute Gasteiger partial charge is 0.481 e. The van der Waals surface area contributed by atoms with Crippen LogP contribution in [0.15, 0.2) is 103 Å². The first-order chi connectivity index (χ1) is 13.7. The van der Waals surface area contributed by atoms with Crippen LogP contribution in [0.4, 0.5) is 5.69 Å². The SMILES string of the molecule is C[N]([Al])c1cccc2c1-c1ccccc1C2(c1ccccc1)c1ccccc1. The molecule has 0 saturated carbocycles. The first kappa shape index (κ1) is 17.3. The average molecular weight is 373 g/mol. The Balaban J connectivity index is 1.99. The van der Waals surface area contributed by atoms with Crippen LogP contribution in [-0.4, -0.2) is 23.6 Å². The topological polar surface area (TPSA) is 3.24 Å². The molecule has 132 valence electrons. The Labute approximate surface area is 174 Å². The average Bonchev–Trinajstić information content (AvgIpc) is 3.06. The summed E-state index contributed by atoms with van der Waals surface area (Å²) in [6, 6.07) is 37.4. The molecule has 5 rings (SSSR count). The van der Waals surface area contributed by atoms with Crippen molar-refractivity contribution in [2.75, 3.05) is 10.9 Å². The van der Waals surface area contributed by atoms with E-state index in [1.165, 1.54) is 39.1 Å². The molecule has 1 nitrogen and oxygen atoms in total. The number of anilines is 1. The van der Waals surface area contributed by atoms with Gasteiger partial charge in [0.1, 0.15) is 0 Å². The van der Waals surface area contributed by atoms with Crippen LogP contribution >= 0.6 is 0 Å². The quantitative estimate of drug-likeness (QED) is 0.374. The van der Waals surface area contributed by atoms with Gasteiger partial charge in [-0.2, -0.15) is 0 Å². The van der Waals surface area contributed by atoms with Gasteiger partial charge in [0.25, 0.3) is 0 Å². The van der Waals surface area contributed by atoms with Crippen molar-refractivity contribution in [2.24, 2.45) is 0 Å². The van der Waals surface area contributed by atoms with E-state index in [1.807, 2.05) is 0 Å². The highest BCUT2D eigenvalue weighted by Crippen LogP contribution is 2.57. The molecule has 0 heterocycles. The van der Waals surface area contributed by atoms with Crippen LogP contribution in [0.1, 0.15) is 22.3 Å². The van der Waals surface area contributed by atoms with E-state index in [0.717, 1.165) is 0 Å². The van der Waals surface area contributed by atoms with Crippen molar-refractivity contribution in [3.05, 3.63) is 125 Å². The van der Waals surface area contributed by atoms with E-state index in [-0.39, 0.29) is 5.41 Å². The molecule has 0 aromatic heterocycles. The van der Waals surface area contributed by atoms with Crippen molar-refractivity contribution in [2.45, 2.75) is 5.41 Å². The molecule has 0 bridgehead atoms. The second-order valence-corrected chi connectivity index (χ2v) is 8.11. The molecule has 0 spiro atoms. The lowest BCUT2D eigenvalue weighted by molar-refractivity contribution is 0.768. The van der Waals surface area contributed by atoms with Crippen molar-refractivity contribution < 1.29 is 0 Å².